The Bertz CT molecular complexity index is 277. The number of nitrogens with one attached hydrogen (secondary N) is 1. The largest absolute Gasteiger partial charge is 0.385 e. The van der Waals surface area contributed by atoms with Gasteiger partial charge in [0.05, 0.1) is 0 Å². The van der Waals surface area contributed by atoms with Crippen molar-refractivity contribution in [2.24, 2.45) is 5.92 Å². The van der Waals surface area contributed by atoms with Gasteiger partial charge in [0.25, 0.3) is 0 Å². The van der Waals surface area contributed by atoms with Crippen LogP contribution in [-0.2, 0) is 0 Å². The van der Waals surface area contributed by atoms with E-state index in [0.29, 0.717) is 0 Å². The van der Waals surface area contributed by atoms with Crippen molar-refractivity contribution in [3.8, 4) is 0 Å². The van der Waals surface area contributed by atoms with Gasteiger partial charge in [0.1, 0.15) is 0 Å². The molecule has 1 N–H and O–H groups in total. The SMILES string of the molecule is CSc1ccc(NCC2CCC2)cc1. The number of anilines is 1. The van der Waals surface area contributed by atoms with E-state index in [1.165, 1.54) is 29.8 Å². The van der Waals surface area contributed by atoms with E-state index < -0.39 is 0 Å². The zero-order valence-corrected chi connectivity index (χ0v) is 9.44. The van der Waals surface area contributed by atoms with E-state index in [-0.39, 0.29) is 0 Å². The van der Waals surface area contributed by atoms with E-state index in [0.717, 1.165) is 12.5 Å². The first kappa shape index (κ1) is 9.91. The van der Waals surface area contributed by atoms with Gasteiger partial charge in [0.15, 0.2) is 0 Å². The zero-order chi connectivity index (χ0) is 9.80. The Morgan fingerprint density at radius 1 is 1.29 bits per heavy atom. The van der Waals surface area contributed by atoms with Gasteiger partial charge in [-0.15, -0.1) is 11.8 Å². The highest BCUT2D eigenvalue weighted by atomic mass is 32.2. The molecule has 1 saturated carbocycles. The lowest BCUT2D eigenvalue weighted by Crippen LogP contribution is -2.20. The van der Waals surface area contributed by atoms with Crippen LogP contribution in [0.2, 0.25) is 0 Å². The highest BCUT2D eigenvalue weighted by Gasteiger charge is 2.16. The Labute approximate surface area is 90.3 Å². The normalized spacial score (nSPS) is 16.4. The molecule has 0 unspecified atom stereocenters. The van der Waals surface area contributed by atoms with Gasteiger partial charge in [-0.2, -0.15) is 0 Å². The molecule has 76 valence electrons. The summed E-state index contributed by atoms with van der Waals surface area (Å²) in [5.74, 6) is 0.926. The van der Waals surface area contributed by atoms with Gasteiger partial charge in [0.2, 0.25) is 0 Å². The molecule has 1 fully saturated rings. The van der Waals surface area contributed by atoms with Crippen LogP contribution < -0.4 is 5.32 Å². The molecule has 0 saturated heterocycles. The molecule has 2 heteroatoms. The molecule has 0 aliphatic heterocycles. The van der Waals surface area contributed by atoms with Crippen LogP contribution in [0.15, 0.2) is 29.2 Å². The molecule has 14 heavy (non-hydrogen) atoms. The van der Waals surface area contributed by atoms with Crippen molar-refractivity contribution in [2.75, 3.05) is 18.1 Å². The van der Waals surface area contributed by atoms with Gasteiger partial charge < -0.3 is 5.32 Å². The Hall–Kier alpha value is -0.630. The predicted octanol–water partition coefficient (Wildman–Crippen LogP) is 3.62. The molecule has 1 aliphatic carbocycles. The second-order valence-electron chi connectivity index (χ2n) is 3.91. The number of hydrogen-bond donors (Lipinski definition) is 1. The van der Waals surface area contributed by atoms with Gasteiger partial charge in [-0.05, 0) is 49.3 Å². The van der Waals surface area contributed by atoms with E-state index in [4.69, 9.17) is 0 Å². The lowest BCUT2D eigenvalue weighted by atomic mass is 9.85. The highest BCUT2D eigenvalue weighted by molar-refractivity contribution is 7.98. The molecule has 0 bridgehead atoms. The van der Waals surface area contributed by atoms with Crippen LogP contribution in [0.1, 0.15) is 19.3 Å². The summed E-state index contributed by atoms with van der Waals surface area (Å²) >= 11 is 1.79. The minimum absolute atomic E-state index is 0.926. The fourth-order valence-corrected chi connectivity index (χ4v) is 2.08. The van der Waals surface area contributed by atoms with Gasteiger partial charge in [-0.25, -0.2) is 0 Å². The standard InChI is InChI=1S/C12H17NS/c1-14-12-7-5-11(6-8-12)13-9-10-3-2-4-10/h5-8,10,13H,2-4,9H2,1H3. The summed E-state index contributed by atoms with van der Waals surface area (Å²) in [6.07, 6.45) is 6.36. The monoisotopic (exact) mass is 207 g/mol. The van der Waals surface area contributed by atoms with E-state index in [1.54, 1.807) is 11.8 Å². The maximum absolute atomic E-state index is 3.49. The van der Waals surface area contributed by atoms with E-state index >= 15 is 0 Å². The first-order chi connectivity index (χ1) is 6.88. The van der Waals surface area contributed by atoms with Crippen molar-refractivity contribution in [1.29, 1.82) is 0 Å². The Morgan fingerprint density at radius 3 is 2.50 bits per heavy atom. The minimum atomic E-state index is 0.926. The van der Waals surface area contributed by atoms with Crippen LogP contribution in [0.3, 0.4) is 0 Å². The van der Waals surface area contributed by atoms with Crippen LogP contribution in [0.25, 0.3) is 0 Å². The van der Waals surface area contributed by atoms with Crippen molar-refractivity contribution in [2.45, 2.75) is 24.2 Å². The quantitative estimate of drug-likeness (QED) is 0.757. The summed E-state index contributed by atoms with van der Waals surface area (Å²) in [5, 5.41) is 3.49. The fourth-order valence-electron chi connectivity index (χ4n) is 1.67. The van der Waals surface area contributed by atoms with Gasteiger partial charge in [-0.3, -0.25) is 0 Å². The maximum atomic E-state index is 3.49. The third-order valence-electron chi connectivity index (χ3n) is 2.91. The lowest BCUT2D eigenvalue weighted by molar-refractivity contribution is 0.333. The topological polar surface area (TPSA) is 12.0 Å². The summed E-state index contributed by atoms with van der Waals surface area (Å²) < 4.78 is 0. The summed E-state index contributed by atoms with van der Waals surface area (Å²) in [6, 6.07) is 8.69. The molecule has 0 amide bonds. The molecule has 0 aromatic heterocycles. The molecule has 1 aromatic carbocycles. The van der Waals surface area contributed by atoms with Crippen molar-refractivity contribution < 1.29 is 0 Å². The molecule has 1 aromatic rings. The van der Waals surface area contributed by atoms with Crippen molar-refractivity contribution in [3.63, 3.8) is 0 Å². The number of benzene rings is 1. The second-order valence-corrected chi connectivity index (χ2v) is 4.79. The summed E-state index contributed by atoms with van der Waals surface area (Å²) in [5.41, 5.74) is 1.26. The van der Waals surface area contributed by atoms with E-state index in [1.807, 2.05) is 0 Å². The van der Waals surface area contributed by atoms with Crippen LogP contribution in [-0.4, -0.2) is 12.8 Å². The van der Waals surface area contributed by atoms with Gasteiger partial charge in [0, 0.05) is 17.1 Å². The van der Waals surface area contributed by atoms with Crippen LogP contribution in [0, 0.1) is 5.92 Å². The Morgan fingerprint density at radius 2 is 2.00 bits per heavy atom. The minimum Gasteiger partial charge on any atom is -0.385 e. The summed E-state index contributed by atoms with van der Waals surface area (Å²) in [6.45, 7) is 1.15. The van der Waals surface area contributed by atoms with Crippen molar-refractivity contribution >= 4 is 17.4 Å². The number of thioether (sulfide) groups is 1. The molecule has 0 heterocycles. The lowest BCUT2D eigenvalue weighted by Gasteiger charge is -2.25. The molecule has 0 radical (unpaired) electrons. The highest BCUT2D eigenvalue weighted by Crippen LogP contribution is 2.26. The van der Waals surface area contributed by atoms with Crippen LogP contribution in [0.4, 0.5) is 5.69 Å². The number of hydrogen-bond acceptors (Lipinski definition) is 2. The predicted molar refractivity (Wildman–Crippen MR) is 64.1 cm³/mol. The van der Waals surface area contributed by atoms with E-state index in [2.05, 4.69) is 35.8 Å². The molecule has 0 atom stereocenters. The van der Waals surface area contributed by atoms with Gasteiger partial charge in [-0.1, -0.05) is 6.42 Å². The third-order valence-corrected chi connectivity index (χ3v) is 3.65. The average molecular weight is 207 g/mol. The van der Waals surface area contributed by atoms with Crippen LogP contribution >= 0.6 is 11.8 Å². The fraction of sp³-hybridized carbons (Fsp3) is 0.500. The Balaban J connectivity index is 1.83. The second kappa shape index (κ2) is 4.74. The van der Waals surface area contributed by atoms with Crippen molar-refractivity contribution in [3.05, 3.63) is 24.3 Å². The molecule has 1 nitrogen and oxygen atoms in total. The summed E-state index contributed by atoms with van der Waals surface area (Å²) in [4.78, 5) is 1.33. The zero-order valence-electron chi connectivity index (χ0n) is 8.62. The molecule has 1 aliphatic rings. The molecular weight excluding hydrogens is 190 g/mol. The van der Waals surface area contributed by atoms with Crippen LogP contribution in [0.5, 0.6) is 0 Å². The molecule has 0 spiro atoms. The number of rotatable bonds is 4. The smallest absolute Gasteiger partial charge is 0.0341 e. The first-order valence-corrected chi connectivity index (χ1v) is 6.49. The first-order valence-electron chi connectivity index (χ1n) is 5.26. The third kappa shape index (κ3) is 2.44. The van der Waals surface area contributed by atoms with Crippen molar-refractivity contribution in [1.82, 2.24) is 0 Å². The maximum Gasteiger partial charge on any atom is 0.0341 e. The van der Waals surface area contributed by atoms with E-state index in [9.17, 15) is 0 Å². The molecular formula is C12H17NS. The average Bonchev–Trinajstić information content (AvgIpc) is 2.16. The molecule has 2 rings (SSSR count). The summed E-state index contributed by atoms with van der Waals surface area (Å²) in [7, 11) is 0. The Kier molecular flexibility index (Phi) is 3.35. The van der Waals surface area contributed by atoms with Gasteiger partial charge >= 0.3 is 0 Å².